The van der Waals surface area contributed by atoms with E-state index in [2.05, 4.69) is 0 Å². The Morgan fingerprint density at radius 3 is 2.23 bits per heavy atom. The molecule has 2 atom stereocenters. The van der Waals surface area contributed by atoms with E-state index >= 15 is 0 Å². The first-order valence-corrected chi connectivity index (χ1v) is 4.79. The molecule has 2 unspecified atom stereocenters. The predicted octanol–water partition coefficient (Wildman–Crippen LogP) is 0.0389. The van der Waals surface area contributed by atoms with E-state index in [1.165, 1.54) is 0 Å². The quantitative estimate of drug-likeness (QED) is 0.394. The van der Waals surface area contributed by atoms with Crippen molar-refractivity contribution in [2.24, 2.45) is 11.8 Å². The lowest BCUT2D eigenvalue weighted by molar-refractivity contribution is -0.850. The first-order chi connectivity index (χ1) is 5.98. The molecule has 4 nitrogen and oxygen atoms in total. The van der Waals surface area contributed by atoms with Crippen molar-refractivity contribution in [1.82, 2.24) is 4.90 Å². The lowest BCUT2D eigenvalue weighted by Crippen LogP contribution is -2.39. The van der Waals surface area contributed by atoms with Crippen LogP contribution in [0.15, 0.2) is 0 Å². The van der Waals surface area contributed by atoms with E-state index in [1.54, 1.807) is 14.0 Å². The maximum atomic E-state index is 11.6. The van der Waals surface area contributed by atoms with Crippen LogP contribution < -0.4 is 0 Å². The average Bonchev–Trinajstić information content (AvgIpc) is 2.39. The predicted molar refractivity (Wildman–Crippen MR) is 48.5 cm³/mol. The summed E-state index contributed by atoms with van der Waals surface area (Å²) in [7, 11) is 1.73. The van der Waals surface area contributed by atoms with E-state index in [0.717, 1.165) is 13.1 Å². The van der Waals surface area contributed by atoms with Crippen molar-refractivity contribution in [2.45, 2.75) is 6.92 Å². The van der Waals surface area contributed by atoms with Crippen LogP contribution in [0.4, 0.5) is 0 Å². The second-order valence-electron chi connectivity index (χ2n) is 4.61. The topological polar surface area (TPSA) is 43.4 Å². The Labute approximate surface area is 78.3 Å². The summed E-state index contributed by atoms with van der Waals surface area (Å²) in [6.45, 7) is 4.58. The summed E-state index contributed by atoms with van der Waals surface area (Å²) in [6, 6.07) is 0. The van der Waals surface area contributed by atoms with Gasteiger partial charge in [0.2, 0.25) is 5.91 Å². The summed E-state index contributed by atoms with van der Waals surface area (Å²) >= 11 is 0. The third-order valence-corrected chi connectivity index (χ3v) is 3.26. The number of carbonyl (C=O) groups excluding carboxylic acids is 1. The Bertz CT molecular complexity index is 224. The number of likely N-dealkylation sites (tertiary alicyclic amines) is 2. The van der Waals surface area contributed by atoms with Gasteiger partial charge in [-0.3, -0.25) is 4.79 Å². The lowest BCUT2D eigenvalue weighted by atomic mass is 10.0. The summed E-state index contributed by atoms with van der Waals surface area (Å²) in [6.07, 6.45) is 0. The van der Waals surface area contributed by atoms with E-state index in [9.17, 15) is 10.0 Å². The molecule has 0 spiro atoms. The van der Waals surface area contributed by atoms with Gasteiger partial charge in [-0.2, -0.15) is 0 Å². The van der Waals surface area contributed by atoms with E-state index in [4.69, 9.17) is 0 Å². The van der Waals surface area contributed by atoms with Gasteiger partial charge in [-0.05, 0) is 0 Å². The molecular weight excluding hydrogens is 168 g/mol. The van der Waals surface area contributed by atoms with Crippen molar-refractivity contribution in [3.63, 3.8) is 0 Å². The van der Waals surface area contributed by atoms with Gasteiger partial charge >= 0.3 is 0 Å². The van der Waals surface area contributed by atoms with Gasteiger partial charge in [0.05, 0.1) is 20.1 Å². The van der Waals surface area contributed by atoms with Crippen LogP contribution >= 0.6 is 0 Å². The normalized spacial score (nSPS) is 43.8. The van der Waals surface area contributed by atoms with Crippen LogP contribution in [0.25, 0.3) is 0 Å². The van der Waals surface area contributed by atoms with Gasteiger partial charge in [-0.1, -0.05) is 0 Å². The summed E-state index contributed by atoms with van der Waals surface area (Å²) < 4.78 is -0.110. The maximum absolute atomic E-state index is 11.6. The standard InChI is InChI=1S/C9H16N2O2/c1-7(12)10-3-8-5-11(2,13)6-9(8)4-10/h8-9H,3-6H2,1-2H3. The molecule has 2 aliphatic rings. The highest BCUT2D eigenvalue weighted by Gasteiger charge is 2.44. The van der Waals surface area contributed by atoms with Gasteiger partial charge in [0.25, 0.3) is 0 Å². The monoisotopic (exact) mass is 184 g/mol. The molecule has 2 fully saturated rings. The molecule has 0 aromatic carbocycles. The molecule has 0 radical (unpaired) electrons. The molecule has 4 heteroatoms. The average molecular weight is 184 g/mol. The molecule has 0 aromatic heterocycles. The number of nitrogens with zero attached hydrogens (tertiary/aromatic N) is 2. The molecule has 2 heterocycles. The van der Waals surface area contributed by atoms with Gasteiger partial charge in [-0.25, -0.2) is 0 Å². The van der Waals surface area contributed by atoms with Crippen molar-refractivity contribution in [2.75, 3.05) is 33.2 Å². The van der Waals surface area contributed by atoms with Crippen molar-refractivity contribution >= 4 is 5.91 Å². The molecule has 74 valence electrons. The smallest absolute Gasteiger partial charge is 0.219 e. The number of fused-ring (bicyclic) bond motifs is 1. The summed E-state index contributed by atoms with van der Waals surface area (Å²) in [5.41, 5.74) is 0. The van der Waals surface area contributed by atoms with Crippen LogP contribution in [0.1, 0.15) is 6.92 Å². The van der Waals surface area contributed by atoms with Crippen molar-refractivity contribution in [3.05, 3.63) is 5.21 Å². The van der Waals surface area contributed by atoms with E-state index in [-0.39, 0.29) is 10.6 Å². The number of hydrogen-bond donors (Lipinski definition) is 0. The third kappa shape index (κ3) is 1.56. The number of hydroxylamine groups is 3. The van der Waals surface area contributed by atoms with Gasteiger partial charge in [0, 0.05) is 31.8 Å². The zero-order valence-electron chi connectivity index (χ0n) is 8.19. The van der Waals surface area contributed by atoms with Crippen LogP contribution in [0, 0.1) is 17.0 Å². The van der Waals surface area contributed by atoms with Gasteiger partial charge < -0.3 is 14.8 Å². The van der Waals surface area contributed by atoms with Gasteiger partial charge in [0.15, 0.2) is 0 Å². The molecule has 2 rings (SSSR count). The minimum Gasteiger partial charge on any atom is -0.633 e. The van der Waals surface area contributed by atoms with Crippen LogP contribution in [-0.2, 0) is 4.79 Å². The number of hydrogen-bond acceptors (Lipinski definition) is 2. The minimum atomic E-state index is -0.110. The van der Waals surface area contributed by atoms with Gasteiger partial charge in [0.1, 0.15) is 0 Å². The Morgan fingerprint density at radius 2 is 1.85 bits per heavy atom. The fourth-order valence-electron chi connectivity index (χ4n) is 2.68. The SMILES string of the molecule is CC(=O)N1CC2C[N+](C)([O-])CC2C1. The Hall–Kier alpha value is -0.610. The molecule has 0 bridgehead atoms. The van der Waals surface area contributed by atoms with Crippen LogP contribution in [-0.4, -0.2) is 48.7 Å². The largest absolute Gasteiger partial charge is 0.633 e. The second-order valence-corrected chi connectivity index (χ2v) is 4.61. The fraction of sp³-hybridized carbons (Fsp3) is 0.889. The number of quaternary nitrogens is 1. The molecule has 0 aromatic rings. The van der Waals surface area contributed by atoms with Crippen molar-refractivity contribution in [3.8, 4) is 0 Å². The van der Waals surface area contributed by atoms with Gasteiger partial charge in [-0.15, -0.1) is 0 Å². The van der Waals surface area contributed by atoms with E-state index in [0.29, 0.717) is 24.9 Å². The zero-order valence-corrected chi connectivity index (χ0v) is 8.19. The number of carbonyl (C=O) groups is 1. The number of rotatable bonds is 0. The maximum Gasteiger partial charge on any atom is 0.219 e. The summed E-state index contributed by atoms with van der Waals surface area (Å²) in [5.74, 6) is 1.05. The summed E-state index contributed by atoms with van der Waals surface area (Å²) in [5, 5.41) is 11.6. The first kappa shape index (κ1) is 8.97. The highest BCUT2D eigenvalue weighted by molar-refractivity contribution is 5.73. The molecule has 0 N–H and O–H groups in total. The van der Waals surface area contributed by atoms with Crippen molar-refractivity contribution < 1.29 is 9.44 Å². The molecule has 2 saturated heterocycles. The van der Waals surface area contributed by atoms with Crippen LogP contribution in [0.3, 0.4) is 0 Å². The van der Waals surface area contributed by atoms with Crippen LogP contribution in [0.5, 0.6) is 0 Å². The molecule has 1 amide bonds. The third-order valence-electron chi connectivity index (χ3n) is 3.26. The number of amides is 1. The highest BCUT2D eigenvalue weighted by atomic mass is 16.5. The van der Waals surface area contributed by atoms with Crippen LogP contribution in [0.2, 0.25) is 0 Å². The highest BCUT2D eigenvalue weighted by Crippen LogP contribution is 2.33. The molecule has 0 aliphatic carbocycles. The molecule has 2 aliphatic heterocycles. The first-order valence-electron chi connectivity index (χ1n) is 4.79. The molecule has 13 heavy (non-hydrogen) atoms. The fourth-order valence-corrected chi connectivity index (χ4v) is 2.68. The molecular formula is C9H16N2O2. The zero-order chi connectivity index (χ0) is 9.64. The summed E-state index contributed by atoms with van der Waals surface area (Å²) in [4.78, 5) is 13.0. The Kier molecular flexibility index (Phi) is 1.85. The Morgan fingerprint density at radius 1 is 1.38 bits per heavy atom. The minimum absolute atomic E-state index is 0.110. The van der Waals surface area contributed by atoms with E-state index < -0.39 is 0 Å². The lowest BCUT2D eigenvalue weighted by Gasteiger charge is -2.35. The van der Waals surface area contributed by atoms with Crippen molar-refractivity contribution in [1.29, 1.82) is 0 Å². The molecule has 0 saturated carbocycles. The second kappa shape index (κ2) is 2.69. The Balaban J connectivity index is 2.01. The van der Waals surface area contributed by atoms with E-state index in [1.807, 2.05) is 4.90 Å².